The lowest BCUT2D eigenvalue weighted by Gasteiger charge is -2.27. The largest absolute Gasteiger partial charge is 0.480 e. The smallest absolute Gasteiger partial charge is 0.329 e. The Morgan fingerprint density at radius 2 is 1.62 bits per heavy atom. The first kappa shape index (κ1) is 28.8. The molecule has 0 aliphatic carbocycles. The zero-order valence-corrected chi connectivity index (χ0v) is 21.5. The highest BCUT2D eigenvalue weighted by Gasteiger charge is 2.34. The van der Waals surface area contributed by atoms with Gasteiger partial charge in [0.15, 0.2) is 0 Å². The number of carboxylic acids is 1. The number of carbonyl (C=O) groups is 4. The van der Waals surface area contributed by atoms with Crippen LogP contribution in [0, 0.1) is 5.92 Å². The predicted octanol–water partition coefficient (Wildman–Crippen LogP) is 0.449. The van der Waals surface area contributed by atoms with Gasteiger partial charge in [-0.05, 0) is 23.6 Å². The van der Waals surface area contributed by atoms with Crippen LogP contribution in [-0.4, -0.2) is 50.4 Å². The molecule has 1 unspecified atom stereocenters. The molecular formula is C27H31N5O7. The van der Waals surface area contributed by atoms with Crippen molar-refractivity contribution in [2.45, 2.75) is 51.2 Å². The lowest BCUT2D eigenvalue weighted by atomic mass is 9.96. The summed E-state index contributed by atoms with van der Waals surface area (Å²) in [5.74, 6) is -4.49. The second-order valence-corrected chi connectivity index (χ2v) is 9.30. The van der Waals surface area contributed by atoms with Crippen molar-refractivity contribution in [2.24, 2.45) is 11.7 Å². The number of hydrogen-bond acceptors (Lipinski definition) is 6. The van der Waals surface area contributed by atoms with E-state index in [0.29, 0.717) is 17.5 Å². The van der Waals surface area contributed by atoms with E-state index in [1.165, 1.54) is 6.07 Å². The van der Waals surface area contributed by atoms with Crippen LogP contribution in [0.3, 0.4) is 0 Å². The van der Waals surface area contributed by atoms with E-state index < -0.39 is 65.4 Å². The van der Waals surface area contributed by atoms with Gasteiger partial charge < -0.3 is 26.5 Å². The van der Waals surface area contributed by atoms with Crippen LogP contribution in [0.2, 0.25) is 0 Å². The monoisotopic (exact) mass is 537 g/mol. The first-order chi connectivity index (χ1) is 18.5. The Balaban J connectivity index is 2.02. The van der Waals surface area contributed by atoms with E-state index >= 15 is 0 Å². The first-order valence-corrected chi connectivity index (χ1v) is 12.4. The third kappa shape index (κ3) is 6.98. The van der Waals surface area contributed by atoms with Gasteiger partial charge in [-0.3, -0.25) is 19.2 Å². The fourth-order valence-electron chi connectivity index (χ4n) is 4.21. The van der Waals surface area contributed by atoms with Crippen LogP contribution in [0.15, 0.2) is 64.2 Å². The van der Waals surface area contributed by atoms with Crippen molar-refractivity contribution in [1.29, 1.82) is 0 Å². The van der Waals surface area contributed by atoms with Gasteiger partial charge in [-0.1, -0.05) is 62.7 Å². The molecule has 0 radical (unpaired) electrons. The molecule has 12 heteroatoms. The van der Waals surface area contributed by atoms with Crippen LogP contribution in [0.25, 0.3) is 10.9 Å². The quantitative estimate of drug-likeness (QED) is 0.221. The minimum absolute atomic E-state index is 0.0394. The van der Waals surface area contributed by atoms with Crippen molar-refractivity contribution in [3.05, 3.63) is 81.0 Å². The lowest BCUT2D eigenvalue weighted by Crippen LogP contribution is -2.56. The summed E-state index contributed by atoms with van der Waals surface area (Å²) in [5, 5.41) is 14.5. The molecule has 0 saturated carbocycles. The number of benzene rings is 2. The molecule has 3 amide bonds. The van der Waals surface area contributed by atoms with Crippen molar-refractivity contribution in [3.8, 4) is 0 Å². The van der Waals surface area contributed by atoms with E-state index in [-0.39, 0.29) is 11.8 Å². The number of hydrogen-bond donors (Lipinski definition) is 5. The molecule has 0 fully saturated rings. The highest BCUT2D eigenvalue weighted by Crippen LogP contribution is 2.16. The maximum absolute atomic E-state index is 13.7. The molecule has 1 heterocycles. The topological polar surface area (TPSA) is 193 Å². The van der Waals surface area contributed by atoms with Gasteiger partial charge >= 0.3 is 11.7 Å². The van der Waals surface area contributed by atoms with Crippen LogP contribution < -0.4 is 27.6 Å². The number of aromatic amines is 1. The van der Waals surface area contributed by atoms with E-state index in [1.54, 1.807) is 62.4 Å². The number of primary amides is 1. The van der Waals surface area contributed by atoms with Gasteiger partial charge in [0.1, 0.15) is 18.1 Å². The minimum Gasteiger partial charge on any atom is -0.480 e. The molecule has 2 aromatic carbocycles. The number of carbonyl (C=O) groups excluding carboxylic acids is 3. The number of amides is 3. The molecule has 1 aromatic heterocycles. The SMILES string of the molecule is CCC(C)[C@H](NC(=O)[C@H](Cc1ccccc1)n1c(=O)[nH]c2ccccc2c1=O)C(=O)N[C@H](CC(N)=O)C(=O)O. The Morgan fingerprint density at radius 1 is 0.974 bits per heavy atom. The number of rotatable bonds is 12. The maximum Gasteiger partial charge on any atom is 0.329 e. The zero-order chi connectivity index (χ0) is 28.7. The van der Waals surface area contributed by atoms with Gasteiger partial charge in [-0.2, -0.15) is 0 Å². The number of para-hydroxylation sites is 1. The van der Waals surface area contributed by atoms with Crippen LogP contribution >= 0.6 is 0 Å². The van der Waals surface area contributed by atoms with E-state index in [0.717, 1.165) is 4.57 Å². The van der Waals surface area contributed by atoms with Gasteiger partial charge in [0.25, 0.3) is 5.56 Å². The molecule has 39 heavy (non-hydrogen) atoms. The van der Waals surface area contributed by atoms with Gasteiger partial charge in [-0.15, -0.1) is 0 Å². The molecule has 0 aliphatic heterocycles. The summed E-state index contributed by atoms with van der Waals surface area (Å²) in [5.41, 5.74) is 4.60. The third-order valence-electron chi connectivity index (χ3n) is 6.54. The summed E-state index contributed by atoms with van der Waals surface area (Å²) in [6, 6.07) is 11.0. The van der Waals surface area contributed by atoms with Crippen LogP contribution in [0.4, 0.5) is 0 Å². The number of nitrogens with one attached hydrogen (secondary N) is 3. The van der Waals surface area contributed by atoms with Crippen LogP contribution in [-0.2, 0) is 25.6 Å². The van der Waals surface area contributed by atoms with E-state index in [1.807, 2.05) is 0 Å². The van der Waals surface area contributed by atoms with Gasteiger partial charge in [0.2, 0.25) is 17.7 Å². The Hall–Kier alpha value is -4.74. The summed E-state index contributed by atoms with van der Waals surface area (Å²) >= 11 is 0. The van der Waals surface area contributed by atoms with E-state index in [4.69, 9.17) is 5.73 Å². The number of aromatic nitrogens is 2. The molecule has 12 nitrogen and oxygen atoms in total. The summed E-state index contributed by atoms with van der Waals surface area (Å²) < 4.78 is 0.823. The van der Waals surface area contributed by atoms with Gasteiger partial charge in [-0.25, -0.2) is 14.2 Å². The number of carboxylic acid groups (broad SMARTS) is 1. The number of nitrogens with zero attached hydrogens (tertiary/aromatic N) is 1. The maximum atomic E-state index is 13.7. The summed E-state index contributed by atoms with van der Waals surface area (Å²) in [6.45, 7) is 3.45. The second-order valence-electron chi connectivity index (χ2n) is 9.30. The van der Waals surface area contributed by atoms with Gasteiger partial charge in [0.05, 0.1) is 17.3 Å². The first-order valence-electron chi connectivity index (χ1n) is 12.4. The molecular weight excluding hydrogens is 506 g/mol. The minimum atomic E-state index is -1.59. The fourth-order valence-corrected chi connectivity index (χ4v) is 4.21. The fraction of sp³-hybridized carbons (Fsp3) is 0.333. The molecule has 0 saturated heterocycles. The molecule has 6 N–H and O–H groups in total. The molecule has 0 aliphatic rings. The predicted molar refractivity (Wildman–Crippen MR) is 143 cm³/mol. The summed E-state index contributed by atoms with van der Waals surface area (Å²) in [7, 11) is 0. The van der Waals surface area contributed by atoms with Crippen molar-refractivity contribution >= 4 is 34.6 Å². The molecule has 0 bridgehead atoms. The molecule has 0 spiro atoms. The molecule has 3 aromatic rings. The highest BCUT2D eigenvalue weighted by molar-refractivity contribution is 5.93. The van der Waals surface area contributed by atoms with Crippen LogP contribution in [0.1, 0.15) is 38.3 Å². The van der Waals surface area contributed by atoms with Gasteiger partial charge in [0, 0.05) is 6.42 Å². The van der Waals surface area contributed by atoms with Crippen molar-refractivity contribution in [1.82, 2.24) is 20.2 Å². The summed E-state index contributed by atoms with van der Waals surface area (Å²) in [4.78, 5) is 78.8. The average molecular weight is 538 g/mol. The molecule has 4 atom stereocenters. The lowest BCUT2D eigenvalue weighted by molar-refractivity contribution is -0.144. The number of nitrogens with two attached hydrogens (primary N) is 1. The summed E-state index contributed by atoms with van der Waals surface area (Å²) in [6.07, 6.45) is -0.255. The Kier molecular flexibility index (Phi) is 9.37. The Bertz CT molecular complexity index is 1480. The Labute approximate surface area is 223 Å². The standard InChI is InChI=1S/C27H31N5O7/c1-3-15(2)22(24(35)29-19(26(37)38)14-21(28)33)31-23(34)20(13-16-9-5-4-6-10-16)32-25(36)17-11-7-8-12-18(17)30-27(32)39/h4-12,15,19-20,22H,3,13-14H2,1-2H3,(H2,28,33)(H,29,35)(H,30,39)(H,31,34)(H,37,38)/t15?,19-,20+,22+/m1/s1. The van der Waals surface area contributed by atoms with E-state index in [2.05, 4.69) is 15.6 Å². The van der Waals surface area contributed by atoms with E-state index in [9.17, 15) is 33.9 Å². The third-order valence-corrected chi connectivity index (χ3v) is 6.54. The normalized spacial score (nSPS) is 14.1. The van der Waals surface area contributed by atoms with Crippen LogP contribution in [0.5, 0.6) is 0 Å². The number of fused-ring (bicyclic) bond motifs is 1. The second kappa shape index (κ2) is 12.7. The highest BCUT2D eigenvalue weighted by atomic mass is 16.4. The van der Waals surface area contributed by atoms with Crippen molar-refractivity contribution in [2.75, 3.05) is 0 Å². The molecule has 206 valence electrons. The number of H-pyrrole nitrogens is 1. The van der Waals surface area contributed by atoms with Crippen molar-refractivity contribution < 1.29 is 24.3 Å². The average Bonchev–Trinajstić information content (AvgIpc) is 2.90. The number of aliphatic carboxylic acids is 1. The zero-order valence-electron chi connectivity index (χ0n) is 21.5. The van der Waals surface area contributed by atoms with Crippen molar-refractivity contribution in [3.63, 3.8) is 0 Å². The molecule has 3 rings (SSSR count). The Morgan fingerprint density at radius 3 is 2.23 bits per heavy atom.